The molecule has 23 heavy (non-hydrogen) atoms. The lowest BCUT2D eigenvalue weighted by Crippen LogP contribution is -2.28. The smallest absolute Gasteiger partial charge is 0.253 e. The van der Waals surface area contributed by atoms with Gasteiger partial charge in [-0.2, -0.15) is 0 Å². The van der Waals surface area contributed by atoms with E-state index in [2.05, 4.69) is 5.32 Å². The van der Waals surface area contributed by atoms with Gasteiger partial charge in [0.2, 0.25) is 0 Å². The highest BCUT2D eigenvalue weighted by atomic mass is 16.5. The summed E-state index contributed by atoms with van der Waals surface area (Å²) in [6, 6.07) is 8.25. The van der Waals surface area contributed by atoms with Crippen LogP contribution in [0.25, 0.3) is 0 Å². The van der Waals surface area contributed by atoms with E-state index in [-0.39, 0.29) is 29.4 Å². The van der Waals surface area contributed by atoms with E-state index in [0.717, 1.165) is 6.07 Å². The van der Waals surface area contributed by atoms with Gasteiger partial charge in [0, 0.05) is 6.54 Å². The standard InChI is InChI=1S/C16H17NO6/c1-23-14-6-9(2-4-12(14)19)8-17-16(22)15(21)10-3-5-11(18)13(20)7-10/h2-7,15,18-21H,8H2,1H3,(H,17,22). The summed E-state index contributed by atoms with van der Waals surface area (Å²) in [5, 5.41) is 40.6. The molecule has 2 rings (SSSR count). The Labute approximate surface area is 132 Å². The molecular formula is C16H17NO6. The number of aliphatic hydroxyl groups is 1. The van der Waals surface area contributed by atoms with Crippen LogP contribution in [-0.4, -0.2) is 33.4 Å². The Kier molecular flexibility index (Phi) is 4.92. The molecule has 2 aromatic carbocycles. The van der Waals surface area contributed by atoms with Gasteiger partial charge in [-0.1, -0.05) is 12.1 Å². The second-order valence-electron chi connectivity index (χ2n) is 4.87. The predicted octanol–water partition coefficient (Wildman–Crippen LogP) is 1.16. The molecule has 7 heteroatoms. The van der Waals surface area contributed by atoms with Crippen molar-refractivity contribution in [3.63, 3.8) is 0 Å². The summed E-state index contributed by atoms with van der Waals surface area (Å²) in [6.07, 6.45) is -1.49. The van der Waals surface area contributed by atoms with Crippen LogP contribution in [0.3, 0.4) is 0 Å². The molecule has 0 radical (unpaired) electrons. The molecule has 1 atom stereocenters. The number of rotatable bonds is 5. The number of hydrogen-bond acceptors (Lipinski definition) is 6. The number of aliphatic hydroxyl groups excluding tert-OH is 1. The van der Waals surface area contributed by atoms with E-state index in [0.29, 0.717) is 5.56 Å². The van der Waals surface area contributed by atoms with Gasteiger partial charge in [0.25, 0.3) is 5.91 Å². The number of carbonyl (C=O) groups is 1. The first-order chi connectivity index (χ1) is 10.9. The quantitative estimate of drug-likeness (QED) is 0.528. The van der Waals surface area contributed by atoms with Crippen molar-refractivity contribution < 1.29 is 30.0 Å². The molecule has 0 saturated heterocycles. The maximum Gasteiger partial charge on any atom is 0.253 e. The summed E-state index contributed by atoms with van der Waals surface area (Å²) in [5.74, 6) is -1.15. The Morgan fingerprint density at radius 3 is 2.43 bits per heavy atom. The van der Waals surface area contributed by atoms with E-state index < -0.39 is 17.8 Å². The molecular weight excluding hydrogens is 302 g/mol. The first-order valence-corrected chi connectivity index (χ1v) is 6.76. The second-order valence-corrected chi connectivity index (χ2v) is 4.87. The largest absolute Gasteiger partial charge is 0.504 e. The fourth-order valence-electron chi connectivity index (χ4n) is 1.98. The zero-order valence-corrected chi connectivity index (χ0v) is 12.4. The van der Waals surface area contributed by atoms with E-state index in [1.54, 1.807) is 12.1 Å². The van der Waals surface area contributed by atoms with Gasteiger partial charge in [0.1, 0.15) is 0 Å². The SMILES string of the molecule is COc1cc(CNC(=O)C(O)c2ccc(O)c(O)c2)ccc1O. The van der Waals surface area contributed by atoms with Crippen molar-refractivity contribution in [1.29, 1.82) is 0 Å². The first-order valence-electron chi connectivity index (χ1n) is 6.76. The van der Waals surface area contributed by atoms with Crippen LogP contribution in [0.1, 0.15) is 17.2 Å². The lowest BCUT2D eigenvalue weighted by Gasteiger charge is -2.13. The lowest BCUT2D eigenvalue weighted by molar-refractivity contribution is -0.129. The molecule has 0 aliphatic rings. The van der Waals surface area contributed by atoms with Crippen LogP contribution < -0.4 is 10.1 Å². The van der Waals surface area contributed by atoms with Crippen molar-refractivity contribution in [3.05, 3.63) is 47.5 Å². The molecule has 0 aromatic heterocycles. The maximum atomic E-state index is 11.9. The first kappa shape index (κ1) is 16.4. The van der Waals surface area contributed by atoms with Gasteiger partial charge in [-0.05, 0) is 35.4 Å². The maximum absolute atomic E-state index is 11.9. The van der Waals surface area contributed by atoms with Crippen molar-refractivity contribution in [2.45, 2.75) is 12.6 Å². The third kappa shape index (κ3) is 3.83. The normalized spacial score (nSPS) is 11.7. The molecule has 5 N–H and O–H groups in total. The summed E-state index contributed by atoms with van der Waals surface area (Å²) < 4.78 is 4.97. The topological polar surface area (TPSA) is 119 Å². The zero-order chi connectivity index (χ0) is 17.0. The molecule has 0 bridgehead atoms. The predicted molar refractivity (Wildman–Crippen MR) is 81.2 cm³/mol. The fourth-order valence-corrected chi connectivity index (χ4v) is 1.98. The minimum absolute atomic E-state index is 0.0119. The third-order valence-electron chi connectivity index (χ3n) is 3.27. The van der Waals surface area contributed by atoms with Gasteiger partial charge >= 0.3 is 0 Å². The number of amides is 1. The van der Waals surface area contributed by atoms with Crippen molar-refractivity contribution in [2.24, 2.45) is 0 Å². The molecule has 0 fully saturated rings. The number of benzene rings is 2. The zero-order valence-electron chi connectivity index (χ0n) is 12.4. The monoisotopic (exact) mass is 319 g/mol. The van der Waals surface area contributed by atoms with Gasteiger partial charge in [-0.25, -0.2) is 0 Å². The molecule has 0 spiro atoms. The summed E-state index contributed by atoms with van der Waals surface area (Å²) in [5.41, 5.74) is 0.829. The Morgan fingerprint density at radius 1 is 1.09 bits per heavy atom. The van der Waals surface area contributed by atoms with Crippen LogP contribution in [0, 0.1) is 0 Å². The minimum Gasteiger partial charge on any atom is -0.504 e. The molecule has 0 heterocycles. The lowest BCUT2D eigenvalue weighted by atomic mass is 10.1. The van der Waals surface area contributed by atoms with E-state index in [9.17, 15) is 25.2 Å². The number of phenolic OH excluding ortho intramolecular Hbond substituents is 3. The molecule has 7 nitrogen and oxygen atoms in total. The number of nitrogens with one attached hydrogen (secondary N) is 1. The third-order valence-corrected chi connectivity index (χ3v) is 3.27. The average molecular weight is 319 g/mol. The highest BCUT2D eigenvalue weighted by Crippen LogP contribution is 2.28. The molecule has 1 unspecified atom stereocenters. The van der Waals surface area contributed by atoms with Crippen molar-refractivity contribution in [1.82, 2.24) is 5.32 Å². The van der Waals surface area contributed by atoms with Crippen LogP contribution in [0.15, 0.2) is 36.4 Å². The van der Waals surface area contributed by atoms with Crippen LogP contribution in [0.5, 0.6) is 23.0 Å². The van der Waals surface area contributed by atoms with Crippen LogP contribution in [-0.2, 0) is 11.3 Å². The van der Waals surface area contributed by atoms with E-state index >= 15 is 0 Å². The van der Waals surface area contributed by atoms with Gasteiger partial charge in [0.05, 0.1) is 7.11 Å². The highest BCUT2D eigenvalue weighted by Gasteiger charge is 2.18. The molecule has 0 aliphatic carbocycles. The number of hydrogen-bond donors (Lipinski definition) is 5. The Hall–Kier alpha value is -2.93. The number of ether oxygens (including phenoxy) is 1. The van der Waals surface area contributed by atoms with Crippen molar-refractivity contribution >= 4 is 5.91 Å². The minimum atomic E-state index is -1.49. The molecule has 0 aliphatic heterocycles. The van der Waals surface area contributed by atoms with Gasteiger partial charge < -0.3 is 30.5 Å². The Bertz CT molecular complexity index is 716. The Balaban J connectivity index is 2.02. The fraction of sp³-hybridized carbons (Fsp3) is 0.188. The highest BCUT2D eigenvalue weighted by molar-refractivity contribution is 5.82. The summed E-state index contributed by atoms with van der Waals surface area (Å²) in [6.45, 7) is 0.122. The summed E-state index contributed by atoms with van der Waals surface area (Å²) in [4.78, 5) is 11.9. The molecule has 122 valence electrons. The van der Waals surface area contributed by atoms with Crippen LogP contribution >= 0.6 is 0 Å². The van der Waals surface area contributed by atoms with Gasteiger partial charge in [-0.3, -0.25) is 4.79 Å². The molecule has 0 saturated carbocycles. The van der Waals surface area contributed by atoms with Crippen LogP contribution in [0.2, 0.25) is 0 Å². The van der Waals surface area contributed by atoms with Crippen molar-refractivity contribution in [3.8, 4) is 23.0 Å². The number of phenols is 3. The number of carbonyl (C=O) groups excluding carboxylic acids is 1. The number of methoxy groups -OCH3 is 1. The van der Waals surface area contributed by atoms with Crippen molar-refractivity contribution in [2.75, 3.05) is 7.11 Å². The second kappa shape index (κ2) is 6.89. The van der Waals surface area contributed by atoms with Gasteiger partial charge in [-0.15, -0.1) is 0 Å². The number of aromatic hydroxyl groups is 3. The molecule has 2 aromatic rings. The van der Waals surface area contributed by atoms with Crippen LogP contribution in [0.4, 0.5) is 0 Å². The van der Waals surface area contributed by atoms with E-state index in [1.165, 1.54) is 25.3 Å². The average Bonchev–Trinajstić information content (AvgIpc) is 2.55. The summed E-state index contributed by atoms with van der Waals surface area (Å²) in [7, 11) is 1.42. The summed E-state index contributed by atoms with van der Waals surface area (Å²) >= 11 is 0. The van der Waals surface area contributed by atoms with E-state index in [1.807, 2.05) is 0 Å². The molecule has 1 amide bonds. The van der Waals surface area contributed by atoms with E-state index in [4.69, 9.17) is 4.74 Å². The van der Waals surface area contributed by atoms with Gasteiger partial charge in [0.15, 0.2) is 29.1 Å². The Morgan fingerprint density at radius 2 is 1.78 bits per heavy atom.